The van der Waals surface area contributed by atoms with Crippen LogP contribution in [0.25, 0.3) is 0 Å². The molecule has 0 radical (unpaired) electrons. The zero-order valence-corrected chi connectivity index (χ0v) is 36.4. The average Bonchev–Trinajstić information content (AvgIpc) is 3.39. The zero-order valence-electron chi connectivity index (χ0n) is 36.4. The molecule has 6 heteroatoms. The molecular weight excluding hydrogens is 624 g/mol. The summed E-state index contributed by atoms with van der Waals surface area (Å²) in [5, 5.41) is 18.3. The van der Waals surface area contributed by atoms with E-state index in [9.17, 15) is 24.3 Å². The van der Waals surface area contributed by atoms with Gasteiger partial charge in [-0.1, -0.05) is 136 Å². The van der Waals surface area contributed by atoms with Gasteiger partial charge in [0.05, 0.1) is 11.3 Å². The monoisotopic (exact) mass is 709 g/mol. The standard InChI is InChI=1S/C12H24O.2C11H20O2.C10H20O/c1-7-12(8-2,10(3)13)9-11(4,5)6;1-10(2,3)8-11(9(12)13)6-4-5-7-11;1-11(2,3)9-7-5-4-6-8(9)10(12)13;1-8(11)10(5,6)7-9(2,3)4/h7-9H2,1-6H3;4-8H2,1-3H3,(H,12,13);8-9H,4-7H2,1-3H3,(H,12,13);7H2,1-6H3. The van der Waals surface area contributed by atoms with Gasteiger partial charge >= 0.3 is 11.9 Å². The lowest BCUT2D eigenvalue weighted by atomic mass is 9.66. The fraction of sp³-hybridized carbons (Fsp3) is 0.909. The van der Waals surface area contributed by atoms with Crippen LogP contribution in [0.4, 0.5) is 0 Å². The SMILES string of the molecule is CC(=O)C(C)(C)CC(C)(C)C.CC(C)(C)C1CCCCC1C(=O)O.CC(C)(C)CC1(C(=O)O)CCCC1.CCC(CC)(CC(C)(C)C)C(C)=O. The van der Waals surface area contributed by atoms with Gasteiger partial charge in [0.1, 0.15) is 11.6 Å². The topological polar surface area (TPSA) is 109 Å². The van der Waals surface area contributed by atoms with E-state index in [4.69, 9.17) is 5.11 Å². The smallest absolute Gasteiger partial charge is 0.309 e. The summed E-state index contributed by atoms with van der Waals surface area (Å²) in [5.41, 5.74) is 0.133. The number of aliphatic carboxylic acids is 2. The van der Waals surface area contributed by atoms with Crippen molar-refractivity contribution in [3.8, 4) is 0 Å². The van der Waals surface area contributed by atoms with E-state index in [1.807, 2.05) is 13.8 Å². The minimum absolute atomic E-state index is 0.0712. The summed E-state index contributed by atoms with van der Waals surface area (Å²) < 4.78 is 0. The van der Waals surface area contributed by atoms with Gasteiger partial charge in [-0.25, -0.2) is 0 Å². The molecule has 296 valence electrons. The number of hydrogen-bond donors (Lipinski definition) is 2. The fourth-order valence-electron chi connectivity index (χ4n) is 8.58. The largest absolute Gasteiger partial charge is 0.481 e. The van der Waals surface area contributed by atoms with Crippen LogP contribution in [0.1, 0.15) is 208 Å². The highest BCUT2D eigenvalue weighted by Crippen LogP contribution is 2.46. The van der Waals surface area contributed by atoms with Gasteiger partial charge in [0, 0.05) is 10.8 Å². The predicted octanol–water partition coefficient (Wildman–Crippen LogP) is 12.8. The van der Waals surface area contributed by atoms with Crippen LogP contribution in [0.2, 0.25) is 0 Å². The van der Waals surface area contributed by atoms with Crippen molar-refractivity contribution in [2.24, 2.45) is 49.7 Å². The quantitative estimate of drug-likeness (QED) is 0.247. The van der Waals surface area contributed by atoms with Crippen molar-refractivity contribution < 1.29 is 29.4 Å². The molecule has 0 aromatic rings. The first-order chi connectivity index (χ1) is 22.2. The van der Waals surface area contributed by atoms with E-state index >= 15 is 0 Å². The molecule has 2 unspecified atom stereocenters. The minimum Gasteiger partial charge on any atom is -0.481 e. The third-order valence-corrected chi connectivity index (χ3v) is 11.0. The average molecular weight is 709 g/mol. The number of Topliss-reactive ketones (excluding diaryl/α,β-unsaturated/α-hetero) is 2. The molecule has 0 aromatic carbocycles. The van der Waals surface area contributed by atoms with Crippen LogP contribution in [0.3, 0.4) is 0 Å². The first kappa shape index (κ1) is 50.4. The van der Waals surface area contributed by atoms with E-state index in [0.29, 0.717) is 11.7 Å². The molecule has 2 N–H and O–H groups in total. The predicted molar refractivity (Wildman–Crippen MR) is 211 cm³/mol. The van der Waals surface area contributed by atoms with Gasteiger partial charge in [-0.05, 0) is 99.2 Å². The number of rotatable bonds is 9. The van der Waals surface area contributed by atoms with Crippen LogP contribution in [-0.2, 0) is 19.2 Å². The van der Waals surface area contributed by atoms with Crippen molar-refractivity contribution in [1.82, 2.24) is 0 Å². The van der Waals surface area contributed by atoms with E-state index in [0.717, 1.165) is 77.0 Å². The highest BCUT2D eigenvalue weighted by Gasteiger charge is 2.44. The molecule has 6 nitrogen and oxygen atoms in total. The van der Waals surface area contributed by atoms with Gasteiger partial charge in [0.15, 0.2) is 0 Å². The molecule has 2 fully saturated rings. The van der Waals surface area contributed by atoms with Crippen molar-refractivity contribution in [2.45, 2.75) is 208 Å². The highest BCUT2D eigenvalue weighted by molar-refractivity contribution is 5.82. The maximum absolute atomic E-state index is 11.6. The third-order valence-electron chi connectivity index (χ3n) is 11.0. The molecule has 0 bridgehead atoms. The van der Waals surface area contributed by atoms with E-state index in [2.05, 4.69) is 96.9 Å². The van der Waals surface area contributed by atoms with Gasteiger partial charge in [-0.3, -0.25) is 19.2 Å². The van der Waals surface area contributed by atoms with E-state index in [1.165, 1.54) is 6.42 Å². The van der Waals surface area contributed by atoms with Crippen LogP contribution in [-0.4, -0.2) is 33.7 Å². The molecule has 2 saturated carbocycles. The van der Waals surface area contributed by atoms with E-state index in [-0.39, 0.29) is 44.2 Å². The lowest BCUT2D eigenvalue weighted by Crippen LogP contribution is -2.35. The zero-order chi connectivity index (χ0) is 40.2. The molecule has 2 rings (SSSR count). The summed E-state index contributed by atoms with van der Waals surface area (Å²) in [6.45, 7) is 37.6. The number of carbonyl (C=O) groups excluding carboxylic acids is 2. The van der Waals surface area contributed by atoms with Crippen LogP contribution >= 0.6 is 0 Å². The van der Waals surface area contributed by atoms with Crippen molar-refractivity contribution in [1.29, 1.82) is 0 Å². The first-order valence-electron chi connectivity index (χ1n) is 19.7. The Labute approximate surface area is 310 Å². The molecule has 0 aromatic heterocycles. The number of ketones is 2. The summed E-state index contributed by atoms with van der Waals surface area (Å²) >= 11 is 0. The molecule has 0 amide bonds. The van der Waals surface area contributed by atoms with Crippen molar-refractivity contribution in [3.05, 3.63) is 0 Å². The molecule has 2 aliphatic rings. The summed E-state index contributed by atoms with van der Waals surface area (Å²) in [4.78, 5) is 45.0. The minimum atomic E-state index is -0.598. The van der Waals surface area contributed by atoms with Gasteiger partial charge < -0.3 is 10.2 Å². The lowest BCUT2D eigenvalue weighted by Gasteiger charge is -2.38. The molecule has 0 saturated heterocycles. The Morgan fingerprint density at radius 2 is 1.02 bits per heavy atom. The summed E-state index contributed by atoms with van der Waals surface area (Å²) in [5.74, 6) is -0.285. The molecule has 2 aliphatic carbocycles. The Kier molecular flexibility index (Phi) is 20.1. The summed E-state index contributed by atoms with van der Waals surface area (Å²) in [6, 6.07) is 0. The number of hydrogen-bond acceptors (Lipinski definition) is 4. The Bertz CT molecular complexity index is 1020. The van der Waals surface area contributed by atoms with Crippen molar-refractivity contribution >= 4 is 23.5 Å². The first-order valence-corrected chi connectivity index (χ1v) is 19.7. The maximum atomic E-state index is 11.6. The Hall–Kier alpha value is -1.72. The van der Waals surface area contributed by atoms with Crippen molar-refractivity contribution in [3.63, 3.8) is 0 Å². The molecule has 0 heterocycles. The second kappa shape index (κ2) is 19.9. The Morgan fingerprint density at radius 1 is 0.600 bits per heavy atom. The Morgan fingerprint density at radius 3 is 1.24 bits per heavy atom. The normalized spacial score (nSPS) is 19.8. The third kappa shape index (κ3) is 19.2. The van der Waals surface area contributed by atoms with Crippen LogP contribution in [0.15, 0.2) is 0 Å². The number of carboxylic acid groups (broad SMARTS) is 2. The number of carbonyl (C=O) groups is 4. The molecule has 0 spiro atoms. The molecule has 50 heavy (non-hydrogen) atoms. The second-order valence-electron chi connectivity index (χ2n) is 21.2. The van der Waals surface area contributed by atoms with Crippen molar-refractivity contribution in [2.75, 3.05) is 0 Å². The summed E-state index contributed by atoms with van der Waals surface area (Å²) in [7, 11) is 0. The molecule has 2 atom stereocenters. The number of carboxylic acids is 2. The van der Waals surface area contributed by atoms with E-state index in [1.54, 1.807) is 13.8 Å². The van der Waals surface area contributed by atoms with Gasteiger partial charge in [0.2, 0.25) is 0 Å². The Balaban J connectivity index is 0. The van der Waals surface area contributed by atoms with Crippen LogP contribution in [0.5, 0.6) is 0 Å². The molecular formula is C44H84O6. The molecule has 0 aliphatic heterocycles. The van der Waals surface area contributed by atoms with Gasteiger partial charge in [-0.15, -0.1) is 0 Å². The van der Waals surface area contributed by atoms with Gasteiger partial charge in [-0.2, -0.15) is 0 Å². The lowest BCUT2D eigenvalue weighted by molar-refractivity contribution is -0.150. The second-order valence-corrected chi connectivity index (χ2v) is 21.2. The fourth-order valence-corrected chi connectivity index (χ4v) is 8.58. The van der Waals surface area contributed by atoms with Crippen LogP contribution < -0.4 is 0 Å². The maximum Gasteiger partial charge on any atom is 0.309 e. The highest BCUT2D eigenvalue weighted by atomic mass is 16.4. The summed E-state index contributed by atoms with van der Waals surface area (Å²) in [6.07, 6.45) is 12.9. The van der Waals surface area contributed by atoms with E-state index < -0.39 is 17.4 Å². The van der Waals surface area contributed by atoms with Gasteiger partial charge in [0.25, 0.3) is 0 Å². The van der Waals surface area contributed by atoms with Crippen LogP contribution in [0, 0.1) is 49.7 Å².